The third-order valence-electron chi connectivity index (χ3n) is 2.29. The van der Waals surface area contributed by atoms with Crippen molar-refractivity contribution in [1.82, 2.24) is 0 Å². The van der Waals surface area contributed by atoms with E-state index in [4.69, 9.17) is 10.5 Å². The number of rotatable bonds is 9. The number of carbonyl (C=O) groups excluding carboxylic acids is 1. The molecule has 2 N–H and O–H groups in total. The fraction of sp³-hybridized carbons (Fsp3) is 0.833. The fourth-order valence-corrected chi connectivity index (χ4v) is 1.22. The Hall–Kier alpha value is -1.10. The smallest absolute Gasteiger partial charge is 0.433 e. The highest BCUT2D eigenvalue weighted by atomic mass is 16.8. The zero-order valence-electron chi connectivity index (χ0n) is 10.9. The summed E-state index contributed by atoms with van der Waals surface area (Å²) in [5.41, 5.74) is 5.83. The quantitative estimate of drug-likeness (QED) is 0.222. The minimum atomic E-state index is -0.758. The van der Waals surface area contributed by atoms with Gasteiger partial charge < -0.3 is 10.5 Å². The summed E-state index contributed by atoms with van der Waals surface area (Å²) in [6.45, 7) is 4.52. The lowest BCUT2D eigenvalue weighted by Gasteiger charge is -2.02. The molecule has 0 aliphatic rings. The summed E-state index contributed by atoms with van der Waals surface area (Å²) in [5, 5.41) is 3.50. The van der Waals surface area contributed by atoms with Crippen LogP contribution in [0, 0.1) is 0 Å². The van der Waals surface area contributed by atoms with Crippen molar-refractivity contribution in [3.8, 4) is 0 Å². The number of unbranched alkanes of at least 4 members (excludes halogenated alkanes) is 5. The minimum Gasteiger partial charge on any atom is -0.433 e. The van der Waals surface area contributed by atoms with E-state index in [1.807, 2.05) is 0 Å². The van der Waals surface area contributed by atoms with Crippen LogP contribution in [0.15, 0.2) is 5.16 Å². The standard InChI is InChI=1S/C12H24N2O3/c1-3-4-5-6-7-8-9-16-12(15)17-14-11(2)10-13/h3-10,13H2,1-2H3. The maximum absolute atomic E-state index is 11.0. The SMILES string of the molecule is CCCCCCCCOC(=O)ON=C(C)CN. The van der Waals surface area contributed by atoms with Gasteiger partial charge in [0.25, 0.3) is 0 Å². The van der Waals surface area contributed by atoms with Gasteiger partial charge in [-0.2, -0.15) is 0 Å². The van der Waals surface area contributed by atoms with E-state index in [1.165, 1.54) is 25.7 Å². The van der Waals surface area contributed by atoms with Crippen LogP contribution in [0.1, 0.15) is 52.4 Å². The van der Waals surface area contributed by atoms with Crippen LogP contribution in [0.2, 0.25) is 0 Å². The lowest BCUT2D eigenvalue weighted by molar-refractivity contribution is 0.0560. The van der Waals surface area contributed by atoms with E-state index in [9.17, 15) is 4.79 Å². The van der Waals surface area contributed by atoms with Crippen LogP contribution in [0.3, 0.4) is 0 Å². The molecule has 0 aromatic heterocycles. The molecule has 17 heavy (non-hydrogen) atoms. The Balaban J connectivity index is 3.33. The summed E-state index contributed by atoms with van der Waals surface area (Å²) in [7, 11) is 0. The highest BCUT2D eigenvalue weighted by molar-refractivity contribution is 5.83. The van der Waals surface area contributed by atoms with E-state index >= 15 is 0 Å². The molecule has 0 bridgehead atoms. The average Bonchev–Trinajstić information content (AvgIpc) is 2.34. The topological polar surface area (TPSA) is 73.9 Å². The van der Waals surface area contributed by atoms with E-state index in [2.05, 4.69) is 16.9 Å². The summed E-state index contributed by atoms with van der Waals surface area (Å²) < 4.78 is 4.83. The van der Waals surface area contributed by atoms with Gasteiger partial charge in [-0.1, -0.05) is 44.2 Å². The van der Waals surface area contributed by atoms with Gasteiger partial charge in [0.2, 0.25) is 0 Å². The second-order valence-corrected chi connectivity index (χ2v) is 3.99. The maximum atomic E-state index is 11.0. The maximum Gasteiger partial charge on any atom is 0.535 e. The molecule has 0 aliphatic heterocycles. The number of oxime groups is 1. The number of carbonyl (C=O) groups is 1. The highest BCUT2D eigenvalue weighted by Crippen LogP contribution is 2.05. The molecule has 0 rings (SSSR count). The summed E-state index contributed by atoms with van der Waals surface area (Å²) in [5.74, 6) is 0. The van der Waals surface area contributed by atoms with Gasteiger partial charge in [-0.15, -0.1) is 0 Å². The lowest BCUT2D eigenvalue weighted by Crippen LogP contribution is -2.12. The molecule has 0 aromatic carbocycles. The van der Waals surface area contributed by atoms with E-state index in [-0.39, 0.29) is 6.54 Å². The van der Waals surface area contributed by atoms with Gasteiger partial charge in [-0.25, -0.2) is 4.79 Å². The third-order valence-corrected chi connectivity index (χ3v) is 2.29. The van der Waals surface area contributed by atoms with Crippen molar-refractivity contribution in [3.05, 3.63) is 0 Å². The molecule has 0 unspecified atom stereocenters. The Labute approximate surface area is 103 Å². The minimum absolute atomic E-state index is 0.269. The first-order chi connectivity index (χ1) is 8.20. The van der Waals surface area contributed by atoms with Crippen LogP contribution < -0.4 is 5.73 Å². The van der Waals surface area contributed by atoms with Crippen LogP contribution in [-0.4, -0.2) is 25.0 Å². The van der Waals surface area contributed by atoms with Crippen LogP contribution in [0.25, 0.3) is 0 Å². The zero-order valence-corrected chi connectivity index (χ0v) is 10.9. The molecule has 0 spiro atoms. The van der Waals surface area contributed by atoms with Crippen molar-refractivity contribution in [2.24, 2.45) is 10.9 Å². The average molecular weight is 244 g/mol. The van der Waals surface area contributed by atoms with Crippen LogP contribution in [-0.2, 0) is 9.57 Å². The van der Waals surface area contributed by atoms with E-state index in [1.54, 1.807) is 6.92 Å². The number of nitrogens with two attached hydrogens (primary N) is 1. The molecular formula is C12H24N2O3. The first-order valence-corrected chi connectivity index (χ1v) is 6.28. The molecule has 0 heterocycles. The molecule has 5 heteroatoms. The Morgan fingerprint density at radius 3 is 2.47 bits per heavy atom. The summed E-state index contributed by atoms with van der Waals surface area (Å²) in [4.78, 5) is 15.5. The predicted octanol–water partition coefficient (Wildman–Crippen LogP) is 2.83. The first-order valence-electron chi connectivity index (χ1n) is 6.28. The van der Waals surface area contributed by atoms with Gasteiger partial charge >= 0.3 is 6.16 Å². The van der Waals surface area contributed by atoms with Crippen molar-refractivity contribution < 1.29 is 14.4 Å². The normalized spacial score (nSPS) is 11.4. The van der Waals surface area contributed by atoms with Crippen molar-refractivity contribution in [2.75, 3.05) is 13.2 Å². The monoisotopic (exact) mass is 244 g/mol. The van der Waals surface area contributed by atoms with E-state index in [0.29, 0.717) is 12.3 Å². The molecule has 5 nitrogen and oxygen atoms in total. The number of hydrogen-bond acceptors (Lipinski definition) is 5. The van der Waals surface area contributed by atoms with Crippen LogP contribution in [0.5, 0.6) is 0 Å². The second kappa shape index (κ2) is 11.4. The molecular weight excluding hydrogens is 220 g/mol. The zero-order chi connectivity index (χ0) is 12.9. The van der Waals surface area contributed by atoms with Crippen molar-refractivity contribution in [2.45, 2.75) is 52.4 Å². The summed E-state index contributed by atoms with van der Waals surface area (Å²) in [6, 6.07) is 0. The number of hydrogen-bond donors (Lipinski definition) is 1. The summed E-state index contributed by atoms with van der Waals surface area (Å²) >= 11 is 0. The highest BCUT2D eigenvalue weighted by Gasteiger charge is 2.02. The van der Waals surface area contributed by atoms with Crippen LogP contribution in [0.4, 0.5) is 4.79 Å². The Morgan fingerprint density at radius 1 is 1.18 bits per heavy atom. The van der Waals surface area contributed by atoms with E-state index in [0.717, 1.165) is 12.8 Å². The van der Waals surface area contributed by atoms with E-state index < -0.39 is 6.16 Å². The van der Waals surface area contributed by atoms with Gasteiger partial charge in [0.15, 0.2) is 0 Å². The molecule has 0 saturated heterocycles. The third kappa shape index (κ3) is 11.2. The number of nitrogens with zero attached hydrogens (tertiary/aromatic N) is 1. The first kappa shape index (κ1) is 15.9. The van der Waals surface area contributed by atoms with Gasteiger partial charge in [0.05, 0.1) is 12.3 Å². The Morgan fingerprint density at radius 2 is 1.82 bits per heavy atom. The predicted molar refractivity (Wildman–Crippen MR) is 68.0 cm³/mol. The van der Waals surface area contributed by atoms with Gasteiger partial charge in [0, 0.05) is 6.54 Å². The van der Waals surface area contributed by atoms with Gasteiger partial charge in [0.1, 0.15) is 0 Å². The lowest BCUT2D eigenvalue weighted by atomic mass is 10.1. The van der Waals surface area contributed by atoms with Gasteiger partial charge in [-0.3, -0.25) is 4.84 Å². The Bertz CT molecular complexity index is 230. The number of ether oxygens (including phenoxy) is 1. The fourth-order valence-electron chi connectivity index (χ4n) is 1.22. The second-order valence-electron chi connectivity index (χ2n) is 3.99. The Kier molecular flexibility index (Phi) is 10.7. The van der Waals surface area contributed by atoms with Crippen LogP contribution >= 0.6 is 0 Å². The molecule has 0 saturated carbocycles. The molecule has 0 atom stereocenters. The molecule has 0 radical (unpaired) electrons. The van der Waals surface area contributed by atoms with Gasteiger partial charge in [-0.05, 0) is 13.3 Å². The van der Waals surface area contributed by atoms with Crippen molar-refractivity contribution >= 4 is 11.9 Å². The van der Waals surface area contributed by atoms with Crippen molar-refractivity contribution in [3.63, 3.8) is 0 Å². The van der Waals surface area contributed by atoms with Crippen molar-refractivity contribution in [1.29, 1.82) is 0 Å². The molecule has 0 amide bonds. The molecule has 0 fully saturated rings. The largest absolute Gasteiger partial charge is 0.535 e. The molecule has 0 aliphatic carbocycles. The summed E-state index contributed by atoms with van der Waals surface area (Å²) in [6.07, 6.45) is 6.15. The molecule has 100 valence electrons. The molecule has 0 aromatic rings.